The SMILES string of the molecule is CCCOC(=O)c1ccc2c(C(=Nc3ccc(CN4CCCCC4)cc3)c3ccccc3)c(O)[nH]c2c1. The molecule has 0 bridgehead atoms. The Balaban J connectivity index is 1.50. The Morgan fingerprint density at radius 1 is 0.973 bits per heavy atom. The van der Waals surface area contributed by atoms with Gasteiger partial charge in [-0.1, -0.05) is 61.9 Å². The number of rotatable bonds is 8. The van der Waals surface area contributed by atoms with Crippen molar-refractivity contribution >= 4 is 28.3 Å². The van der Waals surface area contributed by atoms with Crippen LogP contribution >= 0.6 is 0 Å². The molecule has 6 nitrogen and oxygen atoms in total. The largest absolute Gasteiger partial charge is 0.494 e. The van der Waals surface area contributed by atoms with E-state index in [-0.39, 0.29) is 11.8 Å². The van der Waals surface area contributed by atoms with Crippen molar-refractivity contribution in [3.8, 4) is 5.88 Å². The van der Waals surface area contributed by atoms with Crippen molar-refractivity contribution in [3.05, 3.63) is 95.1 Å². The molecule has 1 aliphatic heterocycles. The van der Waals surface area contributed by atoms with E-state index in [1.807, 2.05) is 55.5 Å². The van der Waals surface area contributed by atoms with Crippen molar-refractivity contribution in [2.24, 2.45) is 4.99 Å². The lowest BCUT2D eigenvalue weighted by atomic mass is 10.00. The van der Waals surface area contributed by atoms with Crippen LogP contribution in [-0.4, -0.2) is 46.4 Å². The zero-order valence-electron chi connectivity index (χ0n) is 21.2. The van der Waals surface area contributed by atoms with Crippen LogP contribution < -0.4 is 0 Å². The van der Waals surface area contributed by atoms with Gasteiger partial charge >= 0.3 is 5.97 Å². The van der Waals surface area contributed by atoms with Gasteiger partial charge in [-0.2, -0.15) is 0 Å². The predicted octanol–water partition coefficient (Wildman–Crippen LogP) is 6.60. The zero-order valence-corrected chi connectivity index (χ0v) is 21.2. The first-order valence-electron chi connectivity index (χ1n) is 13.1. The molecular weight excluding hydrogens is 462 g/mol. The zero-order chi connectivity index (χ0) is 25.6. The number of likely N-dealkylation sites (tertiary alicyclic amines) is 1. The summed E-state index contributed by atoms with van der Waals surface area (Å²) in [5.41, 5.74) is 5.34. The number of ether oxygens (including phenoxy) is 1. The minimum absolute atomic E-state index is 0.0124. The summed E-state index contributed by atoms with van der Waals surface area (Å²) in [6, 6.07) is 23.5. The van der Waals surface area contributed by atoms with Gasteiger partial charge in [0.15, 0.2) is 5.88 Å². The molecule has 37 heavy (non-hydrogen) atoms. The van der Waals surface area contributed by atoms with Crippen LogP contribution in [0.2, 0.25) is 0 Å². The minimum atomic E-state index is -0.374. The number of carbonyl (C=O) groups excluding carboxylic acids is 1. The highest BCUT2D eigenvalue weighted by atomic mass is 16.5. The van der Waals surface area contributed by atoms with Crippen LogP contribution in [0.1, 0.15) is 59.7 Å². The monoisotopic (exact) mass is 495 g/mol. The predicted molar refractivity (Wildman–Crippen MR) is 148 cm³/mol. The number of hydrogen-bond donors (Lipinski definition) is 2. The van der Waals surface area contributed by atoms with Gasteiger partial charge in [0.1, 0.15) is 0 Å². The number of esters is 1. The van der Waals surface area contributed by atoms with Gasteiger partial charge in [-0.3, -0.25) is 4.90 Å². The maximum atomic E-state index is 12.4. The molecule has 6 heteroatoms. The molecule has 0 atom stereocenters. The summed E-state index contributed by atoms with van der Waals surface area (Å²) in [4.78, 5) is 22.9. The van der Waals surface area contributed by atoms with Crippen LogP contribution in [0.15, 0.2) is 77.8 Å². The third-order valence-corrected chi connectivity index (χ3v) is 6.77. The second-order valence-electron chi connectivity index (χ2n) is 9.57. The number of hydrogen-bond acceptors (Lipinski definition) is 5. The van der Waals surface area contributed by atoms with Crippen LogP contribution in [0, 0.1) is 0 Å². The second-order valence-corrected chi connectivity index (χ2v) is 9.57. The molecule has 1 fully saturated rings. The molecule has 1 aromatic heterocycles. The van der Waals surface area contributed by atoms with Gasteiger partial charge in [-0.05, 0) is 62.2 Å². The van der Waals surface area contributed by atoms with Gasteiger partial charge in [-0.15, -0.1) is 0 Å². The number of carbonyl (C=O) groups is 1. The molecular formula is C31H33N3O3. The van der Waals surface area contributed by atoms with Crippen molar-refractivity contribution in [2.45, 2.75) is 39.2 Å². The van der Waals surface area contributed by atoms with Crippen molar-refractivity contribution < 1.29 is 14.6 Å². The Morgan fingerprint density at radius 3 is 2.46 bits per heavy atom. The van der Waals surface area contributed by atoms with Crippen molar-refractivity contribution in [3.63, 3.8) is 0 Å². The number of H-pyrrole nitrogens is 1. The summed E-state index contributed by atoms with van der Waals surface area (Å²) in [6.07, 6.45) is 4.64. The fraction of sp³-hybridized carbons (Fsp3) is 0.290. The van der Waals surface area contributed by atoms with E-state index >= 15 is 0 Å². The van der Waals surface area contributed by atoms with Gasteiger partial charge in [-0.25, -0.2) is 9.79 Å². The van der Waals surface area contributed by atoms with E-state index in [9.17, 15) is 9.90 Å². The number of benzene rings is 3. The van der Waals surface area contributed by atoms with Gasteiger partial charge in [0.25, 0.3) is 0 Å². The summed E-state index contributed by atoms with van der Waals surface area (Å²) in [5, 5.41) is 11.8. The molecule has 3 aromatic carbocycles. The van der Waals surface area contributed by atoms with Crippen LogP contribution in [-0.2, 0) is 11.3 Å². The molecule has 0 spiro atoms. The van der Waals surface area contributed by atoms with Crippen LogP contribution in [0.5, 0.6) is 5.88 Å². The highest BCUT2D eigenvalue weighted by molar-refractivity contribution is 6.22. The molecule has 0 amide bonds. The summed E-state index contributed by atoms with van der Waals surface area (Å²) in [5.74, 6) is -0.362. The van der Waals surface area contributed by atoms with Gasteiger partial charge in [0.05, 0.1) is 29.1 Å². The number of aromatic nitrogens is 1. The van der Waals surface area contributed by atoms with E-state index in [0.29, 0.717) is 29.0 Å². The average Bonchev–Trinajstić information content (AvgIpc) is 3.27. The lowest BCUT2D eigenvalue weighted by Gasteiger charge is -2.26. The van der Waals surface area contributed by atoms with Crippen molar-refractivity contribution in [1.82, 2.24) is 9.88 Å². The maximum absolute atomic E-state index is 12.4. The normalized spacial score (nSPS) is 14.7. The highest BCUT2D eigenvalue weighted by Crippen LogP contribution is 2.32. The molecule has 4 aromatic rings. The van der Waals surface area contributed by atoms with E-state index in [1.54, 1.807) is 12.1 Å². The molecule has 0 unspecified atom stereocenters. The molecule has 2 N–H and O–H groups in total. The molecule has 5 rings (SSSR count). The summed E-state index contributed by atoms with van der Waals surface area (Å²) < 4.78 is 5.27. The lowest BCUT2D eigenvalue weighted by molar-refractivity contribution is 0.0505. The van der Waals surface area contributed by atoms with Crippen LogP contribution in [0.3, 0.4) is 0 Å². The molecule has 0 saturated carbocycles. The van der Waals surface area contributed by atoms with E-state index in [4.69, 9.17) is 9.73 Å². The Hall–Kier alpha value is -3.90. The summed E-state index contributed by atoms with van der Waals surface area (Å²) in [7, 11) is 0. The topological polar surface area (TPSA) is 77.9 Å². The smallest absolute Gasteiger partial charge is 0.338 e. The first-order chi connectivity index (χ1) is 18.1. The molecule has 0 radical (unpaired) electrons. The van der Waals surface area contributed by atoms with Gasteiger partial charge in [0, 0.05) is 23.0 Å². The first-order valence-corrected chi connectivity index (χ1v) is 13.1. The average molecular weight is 496 g/mol. The number of piperidine rings is 1. The molecule has 1 saturated heterocycles. The Labute approximate surface area is 217 Å². The highest BCUT2D eigenvalue weighted by Gasteiger charge is 2.20. The first kappa shape index (κ1) is 24.8. The lowest BCUT2D eigenvalue weighted by Crippen LogP contribution is -2.28. The number of aromatic hydroxyl groups is 1. The standard InChI is InChI=1S/C31H33N3O3/c1-2-19-37-31(36)24-13-16-26-27(20-24)33-30(35)28(26)29(23-9-5-3-6-10-23)32-25-14-11-22(12-15-25)21-34-17-7-4-8-18-34/h3,5-6,9-16,20,33,35H,2,4,7-8,17-19,21H2,1H3. The van der Waals surface area contributed by atoms with E-state index in [2.05, 4.69) is 22.0 Å². The molecule has 2 heterocycles. The minimum Gasteiger partial charge on any atom is -0.494 e. The molecule has 190 valence electrons. The molecule has 0 aliphatic carbocycles. The molecule has 1 aliphatic rings. The maximum Gasteiger partial charge on any atom is 0.338 e. The summed E-state index contributed by atoms with van der Waals surface area (Å²) >= 11 is 0. The van der Waals surface area contributed by atoms with E-state index < -0.39 is 0 Å². The van der Waals surface area contributed by atoms with E-state index in [1.165, 1.54) is 24.8 Å². The van der Waals surface area contributed by atoms with Crippen molar-refractivity contribution in [2.75, 3.05) is 19.7 Å². The quantitative estimate of drug-likeness (QED) is 0.213. The van der Waals surface area contributed by atoms with Crippen LogP contribution in [0.25, 0.3) is 10.9 Å². The van der Waals surface area contributed by atoms with Gasteiger partial charge < -0.3 is 14.8 Å². The third kappa shape index (κ3) is 5.75. The Bertz CT molecular complexity index is 1380. The second kappa shape index (κ2) is 11.4. The summed E-state index contributed by atoms with van der Waals surface area (Å²) in [6.45, 7) is 5.62. The number of nitrogens with one attached hydrogen (secondary N) is 1. The third-order valence-electron chi connectivity index (χ3n) is 6.77. The number of nitrogens with zero attached hydrogens (tertiary/aromatic N) is 2. The Kier molecular flexibility index (Phi) is 7.66. The van der Waals surface area contributed by atoms with E-state index in [0.717, 1.165) is 42.7 Å². The van der Waals surface area contributed by atoms with Crippen LogP contribution in [0.4, 0.5) is 5.69 Å². The Morgan fingerprint density at radius 2 is 1.73 bits per heavy atom. The van der Waals surface area contributed by atoms with Gasteiger partial charge in [0.2, 0.25) is 0 Å². The van der Waals surface area contributed by atoms with Crippen molar-refractivity contribution in [1.29, 1.82) is 0 Å². The number of aliphatic imine (C=N–C) groups is 1. The number of fused-ring (bicyclic) bond motifs is 1. The number of aromatic amines is 1. The fourth-order valence-corrected chi connectivity index (χ4v) is 4.87. The fourth-order valence-electron chi connectivity index (χ4n) is 4.87.